The molecular formula is C21H21N5S. The summed E-state index contributed by atoms with van der Waals surface area (Å²) >= 11 is 1.88. The van der Waals surface area contributed by atoms with Crippen LogP contribution in [0.2, 0.25) is 0 Å². The Labute approximate surface area is 163 Å². The van der Waals surface area contributed by atoms with E-state index >= 15 is 0 Å². The lowest BCUT2D eigenvalue weighted by Gasteiger charge is -2.32. The van der Waals surface area contributed by atoms with Gasteiger partial charge in [-0.15, -0.1) is 0 Å². The maximum Gasteiger partial charge on any atom is 0.160 e. The number of fused-ring (bicyclic) bond motifs is 1. The van der Waals surface area contributed by atoms with E-state index in [1.807, 2.05) is 48.6 Å². The molecule has 5 nitrogen and oxygen atoms in total. The summed E-state index contributed by atoms with van der Waals surface area (Å²) < 4.78 is 2.26. The van der Waals surface area contributed by atoms with Crippen LogP contribution in [-0.4, -0.2) is 36.4 Å². The minimum Gasteiger partial charge on any atom is -0.337 e. The SMILES string of the molecule is CC[C@@H]1CSC2=N[C@H](c3ccccn3)[C@@H](c3cccn3-c3ccncc3)N21. The first-order valence-electron chi connectivity index (χ1n) is 9.34. The highest BCUT2D eigenvalue weighted by molar-refractivity contribution is 8.14. The van der Waals surface area contributed by atoms with Crippen LogP contribution in [0, 0.1) is 0 Å². The van der Waals surface area contributed by atoms with Crippen molar-refractivity contribution in [1.82, 2.24) is 19.4 Å². The minimum atomic E-state index is 0.0125. The zero-order valence-electron chi connectivity index (χ0n) is 15.1. The van der Waals surface area contributed by atoms with Gasteiger partial charge in [0, 0.05) is 48.0 Å². The largest absolute Gasteiger partial charge is 0.337 e. The average Bonchev–Trinajstić information content (AvgIpc) is 3.44. The van der Waals surface area contributed by atoms with Crippen LogP contribution in [0.15, 0.2) is 72.2 Å². The van der Waals surface area contributed by atoms with Gasteiger partial charge < -0.3 is 9.47 Å². The molecule has 6 heteroatoms. The molecule has 3 atom stereocenters. The van der Waals surface area contributed by atoms with Gasteiger partial charge in [-0.3, -0.25) is 15.0 Å². The summed E-state index contributed by atoms with van der Waals surface area (Å²) in [6, 6.07) is 15.2. The monoisotopic (exact) mass is 375 g/mol. The molecule has 0 bridgehead atoms. The van der Waals surface area contributed by atoms with Crippen LogP contribution in [-0.2, 0) is 0 Å². The number of hydrogen-bond donors (Lipinski definition) is 0. The smallest absolute Gasteiger partial charge is 0.160 e. The van der Waals surface area contributed by atoms with Gasteiger partial charge in [0.05, 0.1) is 5.69 Å². The van der Waals surface area contributed by atoms with Gasteiger partial charge in [-0.05, 0) is 42.8 Å². The second kappa shape index (κ2) is 6.85. The third-order valence-electron chi connectivity index (χ3n) is 5.35. The van der Waals surface area contributed by atoms with E-state index in [0.717, 1.165) is 28.7 Å². The Morgan fingerprint density at radius 2 is 1.96 bits per heavy atom. The Balaban J connectivity index is 1.63. The highest BCUT2D eigenvalue weighted by Gasteiger charge is 2.46. The van der Waals surface area contributed by atoms with Crippen LogP contribution in [0.3, 0.4) is 0 Å². The molecule has 0 radical (unpaired) electrons. The second-order valence-corrected chi connectivity index (χ2v) is 7.83. The van der Waals surface area contributed by atoms with Crippen molar-refractivity contribution >= 4 is 16.9 Å². The molecule has 0 spiro atoms. The van der Waals surface area contributed by atoms with Crippen LogP contribution < -0.4 is 0 Å². The number of nitrogens with zero attached hydrogens (tertiary/aromatic N) is 5. The number of thioether (sulfide) groups is 1. The third-order valence-corrected chi connectivity index (χ3v) is 6.48. The van der Waals surface area contributed by atoms with Gasteiger partial charge >= 0.3 is 0 Å². The molecule has 5 heterocycles. The number of amidine groups is 1. The third kappa shape index (κ3) is 2.75. The Bertz CT molecular complexity index is 953. The van der Waals surface area contributed by atoms with Gasteiger partial charge in [0.15, 0.2) is 5.17 Å². The van der Waals surface area contributed by atoms with Gasteiger partial charge in [-0.25, -0.2) is 0 Å². The van der Waals surface area contributed by atoms with Crippen LogP contribution in [0.4, 0.5) is 0 Å². The van der Waals surface area contributed by atoms with E-state index in [1.54, 1.807) is 0 Å². The second-order valence-electron chi connectivity index (χ2n) is 6.84. The first-order chi connectivity index (χ1) is 13.4. The van der Waals surface area contributed by atoms with Gasteiger partial charge in [0.1, 0.15) is 12.1 Å². The van der Waals surface area contributed by atoms with Gasteiger partial charge in [-0.1, -0.05) is 24.8 Å². The Morgan fingerprint density at radius 3 is 2.74 bits per heavy atom. The summed E-state index contributed by atoms with van der Waals surface area (Å²) in [5, 5.41) is 1.16. The fourth-order valence-corrected chi connectivity index (χ4v) is 5.38. The Hall–Kier alpha value is -2.60. The fraction of sp³-hybridized carbons (Fsp3) is 0.286. The lowest BCUT2D eigenvalue weighted by atomic mass is 9.99. The molecule has 5 rings (SSSR count). The zero-order valence-corrected chi connectivity index (χ0v) is 16.0. The standard InChI is InChI=1S/C21H21N5S/c1-2-15-14-27-21-24-19(17-6-3-4-10-23-17)20(26(15)21)18-7-5-13-25(18)16-8-11-22-12-9-16/h3-13,15,19-20H,2,14H2,1H3/t15-,19-,20-/m1/s1. The van der Waals surface area contributed by atoms with Gasteiger partial charge in [-0.2, -0.15) is 0 Å². The lowest BCUT2D eigenvalue weighted by Crippen LogP contribution is -2.36. The molecule has 27 heavy (non-hydrogen) atoms. The Kier molecular flexibility index (Phi) is 4.20. The topological polar surface area (TPSA) is 46.3 Å². The number of aliphatic imine (C=N–C) groups is 1. The molecule has 2 aliphatic rings. The molecule has 3 aromatic heterocycles. The molecule has 1 fully saturated rings. The van der Waals surface area contributed by atoms with Crippen molar-refractivity contribution < 1.29 is 0 Å². The molecule has 0 N–H and O–H groups in total. The average molecular weight is 376 g/mol. The number of pyridine rings is 2. The lowest BCUT2D eigenvalue weighted by molar-refractivity contribution is 0.249. The van der Waals surface area contributed by atoms with Crippen LogP contribution >= 0.6 is 11.8 Å². The van der Waals surface area contributed by atoms with Crippen molar-refractivity contribution in [2.75, 3.05) is 5.75 Å². The summed E-state index contributed by atoms with van der Waals surface area (Å²) in [6.07, 6.45) is 8.79. The molecule has 3 aromatic rings. The maximum atomic E-state index is 5.11. The minimum absolute atomic E-state index is 0.0125. The number of aromatic nitrogens is 3. The van der Waals surface area contributed by atoms with Crippen LogP contribution in [0.5, 0.6) is 0 Å². The molecule has 0 aliphatic carbocycles. The normalized spacial score (nSPS) is 24.1. The summed E-state index contributed by atoms with van der Waals surface area (Å²) in [7, 11) is 0. The van der Waals surface area contributed by atoms with Crippen LogP contribution in [0.25, 0.3) is 5.69 Å². The quantitative estimate of drug-likeness (QED) is 0.684. The van der Waals surface area contributed by atoms with E-state index in [4.69, 9.17) is 4.99 Å². The predicted octanol–water partition coefficient (Wildman–Crippen LogP) is 4.25. The first-order valence-corrected chi connectivity index (χ1v) is 10.3. The molecule has 2 aliphatic heterocycles. The summed E-state index contributed by atoms with van der Waals surface area (Å²) in [5.41, 5.74) is 3.40. The van der Waals surface area contributed by atoms with Crippen molar-refractivity contribution in [2.45, 2.75) is 31.5 Å². The highest BCUT2D eigenvalue weighted by Crippen LogP contribution is 2.48. The van der Waals surface area contributed by atoms with E-state index in [2.05, 4.69) is 56.8 Å². The molecule has 0 aromatic carbocycles. The van der Waals surface area contributed by atoms with E-state index in [9.17, 15) is 0 Å². The van der Waals surface area contributed by atoms with Crippen LogP contribution in [0.1, 0.15) is 36.8 Å². The van der Waals surface area contributed by atoms with Crippen molar-refractivity contribution in [1.29, 1.82) is 0 Å². The zero-order chi connectivity index (χ0) is 18.2. The molecular weight excluding hydrogens is 354 g/mol. The number of hydrogen-bond acceptors (Lipinski definition) is 5. The Morgan fingerprint density at radius 1 is 1.07 bits per heavy atom. The molecule has 0 saturated carbocycles. The fourth-order valence-electron chi connectivity index (χ4n) is 4.05. The van der Waals surface area contributed by atoms with E-state index in [-0.39, 0.29) is 12.1 Å². The van der Waals surface area contributed by atoms with Crippen molar-refractivity contribution in [3.05, 3.63) is 78.6 Å². The summed E-state index contributed by atoms with van der Waals surface area (Å²) in [5.74, 6) is 1.11. The highest BCUT2D eigenvalue weighted by atomic mass is 32.2. The van der Waals surface area contributed by atoms with Gasteiger partial charge in [0.2, 0.25) is 0 Å². The first kappa shape index (κ1) is 16.6. The molecule has 136 valence electrons. The predicted molar refractivity (Wildman–Crippen MR) is 109 cm³/mol. The molecule has 0 unspecified atom stereocenters. The van der Waals surface area contributed by atoms with Crippen molar-refractivity contribution in [3.8, 4) is 5.69 Å². The van der Waals surface area contributed by atoms with Crippen molar-refractivity contribution in [2.24, 2.45) is 4.99 Å². The van der Waals surface area contributed by atoms with Gasteiger partial charge in [0.25, 0.3) is 0 Å². The molecule has 1 saturated heterocycles. The number of rotatable bonds is 4. The maximum absolute atomic E-state index is 5.11. The van der Waals surface area contributed by atoms with E-state index < -0.39 is 0 Å². The summed E-state index contributed by atoms with van der Waals surface area (Å²) in [6.45, 7) is 2.27. The van der Waals surface area contributed by atoms with E-state index in [1.165, 1.54) is 5.69 Å². The van der Waals surface area contributed by atoms with E-state index in [0.29, 0.717) is 6.04 Å². The molecule has 0 amide bonds. The summed E-state index contributed by atoms with van der Waals surface area (Å²) in [4.78, 5) is 16.4. The van der Waals surface area contributed by atoms with Crippen molar-refractivity contribution in [3.63, 3.8) is 0 Å².